The van der Waals surface area contributed by atoms with Gasteiger partial charge >= 0.3 is 0 Å². The second-order valence-electron chi connectivity index (χ2n) is 7.81. The highest BCUT2D eigenvalue weighted by Gasteiger charge is 2.22. The molecule has 0 bridgehead atoms. The zero-order chi connectivity index (χ0) is 23.4. The van der Waals surface area contributed by atoms with Crippen LogP contribution >= 0.6 is 11.8 Å². The Morgan fingerprint density at radius 1 is 1.12 bits per heavy atom. The Morgan fingerprint density at radius 3 is 2.42 bits per heavy atom. The predicted molar refractivity (Wildman–Crippen MR) is 125 cm³/mol. The van der Waals surface area contributed by atoms with Gasteiger partial charge in [0.2, 0.25) is 12.2 Å². The van der Waals surface area contributed by atoms with Crippen LogP contribution in [0.15, 0.2) is 28.5 Å². The molecule has 0 atom stereocenters. The van der Waals surface area contributed by atoms with Gasteiger partial charge in [-0.25, -0.2) is 15.0 Å². The van der Waals surface area contributed by atoms with Crippen molar-refractivity contribution in [1.29, 1.82) is 0 Å². The number of ether oxygens (including phenoxy) is 3. The first-order valence-electron chi connectivity index (χ1n) is 10.7. The van der Waals surface area contributed by atoms with Gasteiger partial charge in [-0.2, -0.15) is 0 Å². The third kappa shape index (κ3) is 4.77. The highest BCUT2D eigenvalue weighted by Crippen LogP contribution is 2.43. The average Bonchev–Trinajstić information content (AvgIpc) is 3.20. The largest absolute Gasteiger partial charge is 0.493 e. The lowest BCUT2D eigenvalue weighted by Crippen LogP contribution is -2.32. The molecular formula is C22H28N6O4S. The summed E-state index contributed by atoms with van der Waals surface area (Å²) < 4.78 is 18.5. The third-order valence-electron chi connectivity index (χ3n) is 5.93. The standard InChI is InChI=1S/C22H28N6O4S/c1-30-16-10-15(11-17(31-2)19(16)32-3)33-22-26-18-20(23)24-12-25-21(18)28(22)9-6-14-4-7-27(13-29)8-5-14/h10-14H,4-9H2,1-3H3,(H2,23,24,25). The van der Waals surface area contributed by atoms with Crippen LogP contribution in [0, 0.1) is 5.92 Å². The highest BCUT2D eigenvalue weighted by molar-refractivity contribution is 7.99. The van der Waals surface area contributed by atoms with Crippen molar-refractivity contribution in [1.82, 2.24) is 24.4 Å². The molecule has 3 heterocycles. The van der Waals surface area contributed by atoms with Crippen LogP contribution in [0.3, 0.4) is 0 Å². The third-order valence-corrected chi connectivity index (χ3v) is 6.90. The van der Waals surface area contributed by atoms with E-state index in [1.807, 2.05) is 17.0 Å². The van der Waals surface area contributed by atoms with E-state index < -0.39 is 0 Å². The van der Waals surface area contributed by atoms with Crippen molar-refractivity contribution in [3.63, 3.8) is 0 Å². The van der Waals surface area contributed by atoms with Crippen molar-refractivity contribution in [2.24, 2.45) is 5.92 Å². The molecule has 1 aromatic carbocycles. The second-order valence-corrected chi connectivity index (χ2v) is 8.85. The predicted octanol–water partition coefficient (Wildman–Crippen LogP) is 2.84. The number of amides is 1. The lowest BCUT2D eigenvalue weighted by atomic mass is 9.94. The first kappa shape index (κ1) is 23.0. The summed E-state index contributed by atoms with van der Waals surface area (Å²) in [7, 11) is 4.76. The number of nitrogen functional groups attached to an aromatic ring is 1. The van der Waals surface area contributed by atoms with Crippen LogP contribution in [0.25, 0.3) is 11.2 Å². The average molecular weight is 473 g/mol. The van der Waals surface area contributed by atoms with Crippen LogP contribution in [0.1, 0.15) is 19.3 Å². The number of hydrogen-bond donors (Lipinski definition) is 1. The Hall–Kier alpha value is -3.21. The fourth-order valence-corrected chi connectivity index (χ4v) is 5.06. The van der Waals surface area contributed by atoms with Crippen molar-refractivity contribution < 1.29 is 19.0 Å². The Bertz CT molecular complexity index is 1100. The quantitative estimate of drug-likeness (QED) is 0.469. The number of nitrogens with zero attached hydrogens (tertiary/aromatic N) is 5. The number of aryl methyl sites for hydroxylation is 1. The van der Waals surface area contributed by atoms with Crippen molar-refractivity contribution in [3.05, 3.63) is 18.5 Å². The van der Waals surface area contributed by atoms with E-state index in [9.17, 15) is 4.79 Å². The fraction of sp³-hybridized carbons (Fsp3) is 0.455. The number of aromatic nitrogens is 4. The van der Waals surface area contributed by atoms with Gasteiger partial charge in [-0.3, -0.25) is 4.79 Å². The number of carbonyl (C=O) groups excluding carboxylic acids is 1. The number of nitrogens with two attached hydrogens (primary N) is 1. The number of rotatable bonds is 9. The Kier molecular flexibility index (Phi) is 7.07. The summed E-state index contributed by atoms with van der Waals surface area (Å²) in [5.41, 5.74) is 7.40. The molecule has 2 N–H and O–H groups in total. The number of anilines is 1. The van der Waals surface area contributed by atoms with E-state index >= 15 is 0 Å². The van der Waals surface area contributed by atoms with Gasteiger partial charge in [-0.1, -0.05) is 11.8 Å². The monoisotopic (exact) mass is 472 g/mol. The summed E-state index contributed by atoms with van der Waals surface area (Å²) in [4.78, 5) is 27.0. The minimum atomic E-state index is 0.352. The van der Waals surface area contributed by atoms with E-state index in [4.69, 9.17) is 24.9 Å². The zero-order valence-corrected chi connectivity index (χ0v) is 19.8. The number of carbonyl (C=O) groups is 1. The van der Waals surface area contributed by atoms with Crippen LogP contribution in [0.5, 0.6) is 17.2 Å². The molecule has 0 aliphatic carbocycles. The molecule has 33 heavy (non-hydrogen) atoms. The Balaban J connectivity index is 1.64. The summed E-state index contributed by atoms with van der Waals surface area (Å²) in [5.74, 6) is 2.57. The first-order chi connectivity index (χ1) is 16.1. The lowest BCUT2D eigenvalue weighted by molar-refractivity contribution is -0.119. The van der Waals surface area contributed by atoms with Crippen molar-refractivity contribution in [2.75, 3.05) is 40.2 Å². The van der Waals surface area contributed by atoms with Gasteiger partial charge in [-0.05, 0) is 37.3 Å². The molecule has 0 saturated carbocycles. The van der Waals surface area contributed by atoms with Crippen LogP contribution < -0.4 is 19.9 Å². The number of hydrogen-bond acceptors (Lipinski definition) is 9. The van der Waals surface area contributed by atoms with Crippen molar-refractivity contribution in [2.45, 2.75) is 35.9 Å². The minimum Gasteiger partial charge on any atom is -0.493 e. The molecule has 2 aromatic heterocycles. The number of methoxy groups -OCH3 is 3. The van der Waals surface area contributed by atoms with Crippen LogP contribution in [-0.2, 0) is 11.3 Å². The van der Waals surface area contributed by atoms with Gasteiger partial charge in [-0.15, -0.1) is 0 Å². The van der Waals surface area contributed by atoms with Gasteiger partial charge in [0, 0.05) is 24.5 Å². The van der Waals surface area contributed by atoms with Crippen LogP contribution in [0.4, 0.5) is 5.82 Å². The molecule has 3 aromatic rings. The molecule has 10 nitrogen and oxygen atoms in total. The van der Waals surface area contributed by atoms with E-state index in [-0.39, 0.29) is 0 Å². The van der Waals surface area contributed by atoms with E-state index in [0.717, 1.165) is 55.4 Å². The zero-order valence-electron chi connectivity index (χ0n) is 19.0. The molecule has 0 radical (unpaired) electrons. The van der Waals surface area contributed by atoms with Crippen LogP contribution in [0.2, 0.25) is 0 Å². The lowest BCUT2D eigenvalue weighted by Gasteiger charge is -2.29. The smallest absolute Gasteiger partial charge is 0.209 e. The van der Waals surface area contributed by atoms with Crippen molar-refractivity contribution in [3.8, 4) is 17.2 Å². The topological polar surface area (TPSA) is 118 Å². The molecule has 0 spiro atoms. The number of likely N-dealkylation sites (tertiary alicyclic amines) is 1. The second kappa shape index (κ2) is 10.2. The summed E-state index contributed by atoms with van der Waals surface area (Å²) in [6, 6.07) is 3.78. The van der Waals surface area contributed by atoms with Gasteiger partial charge in [0.25, 0.3) is 0 Å². The molecule has 4 rings (SSSR count). The molecule has 0 unspecified atom stereocenters. The summed E-state index contributed by atoms with van der Waals surface area (Å²) in [5, 5.41) is 0.761. The maximum Gasteiger partial charge on any atom is 0.209 e. The van der Waals surface area contributed by atoms with E-state index in [1.165, 1.54) is 18.1 Å². The first-order valence-corrected chi connectivity index (χ1v) is 11.5. The molecular weight excluding hydrogens is 444 g/mol. The maximum atomic E-state index is 11.0. The molecule has 11 heteroatoms. The van der Waals surface area contributed by atoms with Gasteiger partial charge in [0.05, 0.1) is 21.3 Å². The number of fused-ring (bicyclic) bond motifs is 1. The summed E-state index contributed by atoms with van der Waals surface area (Å²) in [6.45, 7) is 2.35. The fourth-order valence-electron chi connectivity index (χ4n) is 4.09. The molecule has 1 aliphatic rings. The van der Waals surface area contributed by atoms with Gasteiger partial charge in [0.15, 0.2) is 33.6 Å². The number of benzene rings is 1. The number of imidazole rings is 1. The Morgan fingerprint density at radius 2 is 1.82 bits per heavy atom. The van der Waals surface area contributed by atoms with Crippen molar-refractivity contribution >= 4 is 35.2 Å². The van der Waals surface area contributed by atoms with E-state index in [2.05, 4.69) is 14.5 Å². The summed E-state index contributed by atoms with van der Waals surface area (Å²) >= 11 is 1.48. The normalized spacial score (nSPS) is 14.5. The number of piperidine rings is 1. The summed E-state index contributed by atoms with van der Waals surface area (Å²) in [6.07, 6.45) is 5.36. The van der Waals surface area contributed by atoms with Crippen LogP contribution in [-0.4, -0.2) is 65.2 Å². The van der Waals surface area contributed by atoms with E-state index in [1.54, 1.807) is 21.3 Å². The Labute approximate surface area is 196 Å². The van der Waals surface area contributed by atoms with Gasteiger partial charge in [0.1, 0.15) is 6.33 Å². The SMILES string of the molecule is COc1cc(Sc2nc3c(N)ncnc3n2CCC2CCN(C=O)CC2)cc(OC)c1OC. The highest BCUT2D eigenvalue weighted by atomic mass is 32.2. The molecule has 1 fully saturated rings. The molecule has 1 saturated heterocycles. The molecule has 176 valence electrons. The van der Waals surface area contributed by atoms with E-state index in [0.29, 0.717) is 40.1 Å². The van der Waals surface area contributed by atoms with Gasteiger partial charge < -0.3 is 29.4 Å². The minimum absolute atomic E-state index is 0.352. The maximum absolute atomic E-state index is 11.0. The molecule has 1 amide bonds. The molecule has 1 aliphatic heterocycles.